The summed E-state index contributed by atoms with van der Waals surface area (Å²) in [4.78, 5) is 0. The molecule has 0 aliphatic heterocycles. The number of hydrogen-bond donors (Lipinski definition) is 2. The van der Waals surface area contributed by atoms with Gasteiger partial charge in [-0.2, -0.15) is 0 Å². The van der Waals surface area contributed by atoms with Crippen molar-refractivity contribution < 1.29 is 14.6 Å². The van der Waals surface area contributed by atoms with Crippen molar-refractivity contribution in [3.05, 3.63) is 60.2 Å². The second-order valence-corrected chi connectivity index (χ2v) is 4.18. The van der Waals surface area contributed by atoms with Gasteiger partial charge in [0.2, 0.25) is 5.90 Å². The minimum Gasteiger partial charge on any atom is -0.479 e. The standard InChI is InChI=1S/C16H17NO3/c1-2-19-16(17)15(18)12-8-10-14(11-9-12)20-13-6-4-3-5-7-13/h3-11,15,17-18H,2H2,1H3. The number of benzene rings is 2. The highest BCUT2D eigenvalue weighted by atomic mass is 16.5. The fourth-order valence-electron chi connectivity index (χ4n) is 1.73. The van der Waals surface area contributed by atoms with E-state index < -0.39 is 6.10 Å². The van der Waals surface area contributed by atoms with Gasteiger partial charge in [0.15, 0.2) is 6.10 Å². The number of ether oxygens (including phenoxy) is 2. The van der Waals surface area contributed by atoms with Gasteiger partial charge < -0.3 is 14.6 Å². The first-order chi connectivity index (χ1) is 9.70. The predicted octanol–water partition coefficient (Wildman–Crippen LogP) is 3.53. The van der Waals surface area contributed by atoms with E-state index in [4.69, 9.17) is 14.9 Å². The first-order valence-electron chi connectivity index (χ1n) is 6.43. The molecular formula is C16H17NO3. The van der Waals surface area contributed by atoms with Crippen LogP contribution in [0.2, 0.25) is 0 Å². The maximum Gasteiger partial charge on any atom is 0.214 e. The van der Waals surface area contributed by atoms with Gasteiger partial charge in [-0.1, -0.05) is 30.3 Å². The summed E-state index contributed by atoms with van der Waals surface area (Å²) >= 11 is 0. The molecule has 4 nitrogen and oxygen atoms in total. The minimum absolute atomic E-state index is 0.149. The van der Waals surface area contributed by atoms with E-state index in [0.717, 1.165) is 5.75 Å². The van der Waals surface area contributed by atoms with Crippen molar-refractivity contribution in [2.45, 2.75) is 13.0 Å². The lowest BCUT2D eigenvalue weighted by molar-refractivity contribution is 0.190. The fraction of sp³-hybridized carbons (Fsp3) is 0.188. The summed E-state index contributed by atoms with van der Waals surface area (Å²) in [5.74, 6) is 1.28. The summed E-state index contributed by atoms with van der Waals surface area (Å²) in [7, 11) is 0. The molecule has 2 rings (SSSR count). The monoisotopic (exact) mass is 271 g/mol. The van der Waals surface area contributed by atoms with Gasteiger partial charge in [0.05, 0.1) is 6.61 Å². The van der Waals surface area contributed by atoms with Crippen LogP contribution in [0, 0.1) is 5.41 Å². The van der Waals surface area contributed by atoms with Gasteiger partial charge in [0.1, 0.15) is 11.5 Å². The van der Waals surface area contributed by atoms with Crippen LogP contribution in [-0.4, -0.2) is 17.6 Å². The molecule has 2 aromatic carbocycles. The first kappa shape index (κ1) is 14.1. The van der Waals surface area contributed by atoms with Crippen LogP contribution < -0.4 is 4.74 Å². The van der Waals surface area contributed by atoms with Crippen LogP contribution >= 0.6 is 0 Å². The quantitative estimate of drug-likeness (QED) is 0.646. The normalized spacial score (nSPS) is 11.7. The number of nitrogens with one attached hydrogen (secondary N) is 1. The van der Waals surface area contributed by atoms with Gasteiger partial charge in [-0.15, -0.1) is 0 Å². The molecule has 0 saturated carbocycles. The molecule has 0 aliphatic carbocycles. The molecule has 0 bridgehead atoms. The molecule has 0 amide bonds. The second-order valence-electron chi connectivity index (χ2n) is 4.18. The van der Waals surface area contributed by atoms with Gasteiger partial charge in [0.25, 0.3) is 0 Å². The molecule has 0 aromatic heterocycles. The molecule has 0 heterocycles. The molecule has 1 atom stereocenters. The van der Waals surface area contributed by atoms with E-state index in [1.54, 1.807) is 31.2 Å². The number of aliphatic hydroxyl groups excluding tert-OH is 1. The van der Waals surface area contributed by atoms with Gasteiger partial charge in [-0.25, -0.2) is 0 Å². The largest absolute Gasteiger partial charge is 0.479 e. The Morgan fingerprint density at radius 2 is 1.65 bits per heavy atom. The lowest BCUT2D eigenvalue weighted by atomic mass is 10.1. The zero-order chi connectivity index (χ0) is 14.4. The summed E-state index contributed by atoms with van der Waals surface area (Å²) in [6.07, 6.45) is -1.04. The number of rotatable bonds is 5. The SMILES string of the molecule is CCOC(=N)C(O)c1ccc(Oc2ccccc2)cc1. The highest BCUT2D eigenvalue weighted by Crippen LogP contribution is 2.23. The van der Waals surface area contributed by atoms with Crippen molar-refractivity contribution in [1.29, 1.82) is 5.41 Å². The van der Waals surface area contributed by atoms with E-state index in [9.17, 15) is 5.11 Å². The van der Waals surface area contributed by atoms with Crippen molar-refractivity contribution in [1.82, 2.24) is 0 Å². The topological polar surface area (TPSA) is 62.5 Å². The molecule has 0 radical (unpaired) electrons. The Morgan fingerprint density at radius 3 is 2.25 bits per heavy atom. The van der Waals surface area contributed by atoms with Crippen molar-refractivity contribution in [2.24, 2.45) is 0 Å². The van der Waals surface area contributed by atoms with Gasteiger partial charge >= 0.3 is 0 Å². The Bertz CT molecular complexity index is 552. The van der Waals surface area contributed by atoms with Crippen LogP contribution in [0.4, 0.5) is 0 Å². The predicted molar refractivity (Wildman–Crippen MR) is 77.3 cm³/mol. The van der Waals surface area contributed by atoms with E-state index in [0.29, 0.717) is 17.9 Å². The average Bonchev–Trinajstić information content (AvgIpc) is 2.48. The van der Waals surface area contributed by atoms with Crippen molar-refractivity contribution in [3.63, 3.8) is 0 Å². The molecule has 0 fully saturated rings. The van der Waals surface area contributed by atoms with E-state index in [2.05, 4.69) is 0 Å². The smallest absolute Gasteiger partial charge is 0.214 e. The zero-order valence-corrected chi connectivity index (χ0v) is 11.2. The Hall–Kier alpha value is -2.33. The summed E-state index contributed by atoms with van der Waals surface area (Å²) in [5.41, 5.74) is 0.601. The Balaban J connectivity index is 2.04. The van der Waals surface area contributed by atoms with Crippen LogP contribution in [0.1, 0.15) is 18.6 Å². The summed E-state index contributed by atoms with van der Waals surface area (Å²) in [6.45, 7) is 2.14. The van der Waals surface area contributed by atoms with Crippen LogP contribution in [0.3, 0.4) is 0 Å². The van der Waals surface area contributed by atoms with E-state index >= 15 is 0 Å². The molecule has 20 heavy (non-hydrogen) atoms. The molecule has 2 aromatic rings. The van der Waals surface area contributed by atoms with Crippen LogP contribution in [0.5, 0.6) is 11.5 Å². The third-order valence-electron chi connectivity index (χ3n) is 2.72. The molecule has 0 spiro atoms. The summed E-state index contributed by atoms with van der Waals surface area (Å²) in [5, 5.41) is 17.5. The lowest BCUT2D eigenvalue weighted by Gasteiger charge is -2.13. The Kier molecular flexibility index (Phi) is 4.74. The van der Waals surface area contributed by atoms with Crippen LogP contribution in [0.25, 0.3) is 0 Å². The third kappa shape index (κ3) is 3.59. The van der Waals surface area contributed by atoms with Crippen molar-refractivity contribution in [2.75, 3.05) is 6.61 Å². The van der Waals surface area contributed by atoms with Crippen molar-refractivity contribution in [3.8, 4) is 11.5 Å². The highest BCUT2D eigenvalue weighted by Gasteiger charge is 2.14. The number of hydrogen-bond acceptors (Lipinski definition) is 4. The molecule has 1 unspecified atom stereocenters. The molecule has 104 valence electrons. The third-order valence-corrected chi connectivity index (χ3v) is 2.72. The summed E-state index contributed by atoms with van der Waals surface area (Å²) in [6, 6.07) is 16.4. The molecule has 0 aliphatic rings. The lowest BCUT2D eigenvalue weighted by Crippen LogP contribution is -2.14. The maximum absolute atomic E-state index is 9.91. The van der Waals surface area contributed by atoms with Crippen LogP contribution in [0.15, 0.2) is 54.6 Å². The Labute approximate surface area is 118 Å². The minimum atomic E-state index is -1.04. The highest BCUT2D eigenvalue weighted by molar-refractivity contribution is 5.79. The zero-order valence-electron chi connectivity index (χ0n) is 11.2. The van der Waals surface area contributed by atoms with Gasteiger partial charge in [0, 0.05) is 0 Å². The molecule has 0 saturated heterocycles. The van der Waals surface area contributed by atoms with E-state index in [-0.39, 0.29) is 5.90 Å². The van der Waals surface area contributed by atoms with E-state index in [1.807, 2.05) is 30.3 Å². The van der Waals surface area contributed by atoms with E-state index in [1.165, 1.54) is 0 Å². The average molecular weight is 271 g/mol. The summed E-state index contributed by atoms with van der Waals surface area (Å²) < 4.78 is 10.6. The first-order valence-corrected chi connectivity index (χ1v) is 6.43. The molecule has 4 heteroatoms. The second kappa shape index (κ2) is 6.73. The molecule has 2 N–H and O–H groups in total. The van der Waals surface area contributed by atoms with Crippen LogP contribution in [-0.2, 0) is 4.74 Å². The number of para-hydroxylation sites is 1. The fourth-order valence-corrected chi connectivity index (χ4v) is 1.73. The van der Waals surface area contributed by atoms with Gasteiger partial charge in [-0.05, 0) is 36.8 Å². The Morgan fingerprint density at radius 1 is 1.05 bits per heavy atom. The molecular weight excluding hydrogens is 254 g/mol. The van der Waals surface area contributed by atoms with Crippen molar-refractivity contribution >= 4 is 5.90 Å². The maximum atomic E-state index is 9.91. The number of aliphatic hydroxyl groups is 1. The van der Waals surface area contributed by atoms with Gasteiger partial charge in [-0.3, -0.25) is 5.41 Å².